The maximum Gasteiger partial charge on any atom is 0.192 e. The van der Waals surface area contributed by atoms with Gasteiger partial charge in [0.05, 0.1) is 0 Å². The average molecular weight is 339 g/mol. The van der Waals surface area contributed by atoms with Crippen LogP contribution in [0, 0.1) is 23.5 Å². The predicted molar refractivity (Wildman–Crippen MR) is 63.6 cm³/mol. The minimum atomic E-state index is -1.47. The molecule has 1 aromatic rings. The molecule has 5 heteroatoms. The molecule has 0 N–H and O–H groups in total. The molecule has 19 heavy (non-hydrogen) atoms. The maximum atomic E-state index is 13.2. The molecule has 0 spiro atoms. The van der Waals surface area contributed by atoms with Crippen molar-refractivity contribution < 1.29 is 45.9 Å². The third kappa shape index (κ3) is 3.01. The molecule has 1 nitrogen and oxygen atoms in total. The Balaban J connectivity index is 0.00000180. The van der Waals surface area contributed by atoms with E-state index >= 15 is 0 Å². The van der Waals surface area contributed by atoms with Crippen molar-refractivity contribution in [3.63, 3.8) is 0 Å². The normalized spacial score (nSPS) is 14.8. The Bertz CT molecular complexity index is 567. The predicted octanol–water partition coefficient (Wildman–Crippen LogP) is 3.65. The number of hydrogen-bond donors (Lipinski definition) is 0. The van der Waals surface area contributed by atoms with E-state index in [4.69, 9.17) is 0 Å². The molecule has 1 aliphatic rings. The largest absolute Gasteiger partial charge is 0.378 e. The zero-order chi connectivity index (χ0) is 13.4. The van der Waals surface area contributed by atoms with Gasteiger partial charge in [-0.1, -0.05) is 36.9 Å². The number of nitrogens with zero attached hydrogens (tertiary/aromatic N) is 1. The van der Waals surface area contributed by atoms with Crippen molar-refractivity contribution in [2.24, 2.45) is 0 Å². The zero-order valence-electron chi connectivity index (χ0n) is 10.6. The van der Waals surface area contributed by atoms with Gasteiger partial charge in [0.15, 0.2) is 17.5 Å². The molecule has 0 amide bonds. The Kier molecular flexibility index (Phi) is 5.16. The van der Waals surface area contributed by atoms with Gasteiger partial charge in [-0.2, -0.15) is 12.2 Å². The molecule has 0 aromatic heterocycles. The van der Waals surface area contributed by atoms with E-state index in [0.29, 0.717) is 11.4 Å². The number of benzene rings is 1. The molecule has 0 fully saturated rings. The van der Waals surface area contributed by atoms with E-state index in [1.807, 2.05) is 6.92 Å². The van der Waals surface area contributed by atoms with Crippen molar-refractivity contribution in [3.05, 3.63) is 65.1 Å². The van der Waals surface area contributed by atoms with Crippen molar-refractivity contribution in [2.45, 2.75) is 6.92 Å². The van der Waals surface area contributed by atoms with Crippen molar-refractivity contribution in [1.29, 1.82) is 0 Å². The monoisotopic (exact) mass is 339 g/mol. The number of likely N-dealkylation sites (N-methyl/N-ethyl adjacent to an activating group) is 1. The zero-order valence-corrected chi connectivity index (χ0v) is 13.4. The van der Waals surface area contributed by atoms with Gasteiger partial charge in [-0.05, 0) is 5.70 Å². The molecule has 2 rings (SSSR count). The number of halogens is 3. The second-order valence-corrected chi connectivity index (χ2v) is 4.08. The second-order valence-electron chi connectivity index (χ2n) is 4.08. The van der Waals surface area contributed by atoms with Crippen molar-refractivity contribution in [3.8, 4) is 0 Å². The van der Waals surface area contributed by atoms with Crippen LogP contribution >= 0.6 is 0 Å². The van der Waals surface area contributed by atoms with Crippen LogP contribution < -0.4 is 0 Å². The van der Waals surface area contributed by atoms with Crippen LogP contribution in [0.3, 0.4) is 0 Å². The number of hydrogen-bond acceptors (Lipinski definition) is 1. The van der Waals surface area contributed by atoms with E-state index < -0.39 is 17.5 Å². The molecule has 1 radical (unpaired) electrons. The fourth-order valence-electron chi connectivity index (χ4n) is 1.73. The standard InChI is InChI=1S/C14H11F3N.Y/c1-8-4-5-13(18(3)9(8)2)10-6-11(15)14(17)12(16)7-10;/h4,6-7H,2H2,1,3H3;/q-1;. The van der Waals surface area contributed by atoms with E-state index in [1.165, 1.54) is 0 Å². The van der Waals surface area contributed by atoms with Gasteiger partial charge < -0.3 is 4.90 Å². The summed E-state index contributed by atoms with van der Waals surface area (Å²) in [4.78, 5) is 1.65. The second kappa shape index (κ2) is 6.06. The van der Waals surface area contributed by atoms with Crippen LogP contribution in [0.2, 0.25) is 0 Å². The number of rotatable bonds is 1. The smallest absolute Gasteiger partial charge is 0.192 e. The van der Waals surface area contributed by atoms with Crippen LogP contribution in [-0.2, 0) is 32.7 Å². The Morgan fingerprint density at radius 3 is 2.21 bits per heavy atom. The van der Waals surface area contributed by atoms with Gasteiger partial charge in [-0.15, -0.1) is 5.57 Å². The molecule has 0 saturated carbocycles. The molecule has 0 aliphatic carbocycles. The molecular formula is C14H11F3NY-. The third-order valence-corrected chi connectivity index (χ3v) is 2.88. The Labute approximate surface area is 135 Å². The van der Waals surface area contributed by atoms with Gasteiger partial charge in [0.2, 0.25) is 0 Å². The topological polar surface area (TPSA) is 3.24 Å². The summed E-state index contributed by atoms with van der Waals surface area (Å²) in [5.74, 6) is -3.91. The van der Waals surface area contributed by atoms with E-state index in [-0.39, 0.29) is 38.3 Å². The summed E-state index contributed by atoms with van der Waals surface area (Å²) in [5.41, 5.74) is 2.28. The summed E-state index contributed by atoms with van der Waals surface area (Å²) in [6.07, 6.45) is 4.58. The Hall–Kier alpha value is -0.866. The summed E-state index contributed by atoms with van der Waals surface area (Å²) in [5, 5.41) is 0. The van der Waals surface area contributed by atoms with E-state index in [0.717, 1.165) is 17.7 Å². The summed E-state index contributed by atoms with van der Waals surface area (Å²) in [6, 6.07) is 1.89. The Morgan fingerprint density at radius 1 is 1.16 bits per heavy atom. The van der Waals surface area contributed by atoms with Crippen LogP contribution in [0.4, 0.5) is 13.2 Å². The molecule has 0 saturated heterocycles. The van der Waals surface area contributed by atoms with Gasteiger partial charge >= 0.3 is 0 Å². The third-order valence-electron chi connectivity index (χ3n) is 2.88. The SMILES string of the molecule is C=C1C(C)=C[C-]=C(c2cc(F)c(F)c(F)c2)N1C.[Y]. The van der Waals surface area contributed by atoms with E-state index in [1.54, 1.807) is 18.0 Å². The van der Waals surface area contributed by atoms with E-state index in [2.05, 4.69) is 12.7 Å². The number of allylic oxidation sites excluding steroid dienone is 3. The van der Waals surface area contributed by atoms with Crippen LogP contribution in [0.15, 0.2) is 36.1 Å². The quantitative estimate of drug-likeness (QED) is 0.558. The van der Waals surface area contributed by atoms with Gasteiger partial charge in [0.1, 0.15) is 0 Å². The van der Waals surface area contributed by atoms with Gasteiger partial charge in [-0.3, -0.25) is 0 Å². The summed E-state index contributed by atoms with van der Waals surface area (Å²) < 4.78 is 39.3. The van der Waals surface area contributed by atoms with Crippen LogP contribution in [0.1, 0.15) is 12.5 Å². The molecule has 0 atom stereocenters. The summed E-state index contributed by atoms with van der Waals surface area (Å²) in [6.45, 7) is 5.71. The van der Waals surface area contributed by atoms with Crippen LogP contribution in [0.25, 0.3) is 5.70 Å². The first kappa shape index (κ1) is 16.2. The van der Waals surface area contributed by atoms with Crippen LogP contribution in [-0.4, -0.2) is 11.9 Å². The minimum Gasteiger partial charge on any atom is -0.378 e. The average Bonchev–Trinajstić information content (AvgIpc) is 2.33. The van der Waals surface area contributed by atoms with E-state index in [9.17, 15) is 13.2 Å². The van der Waals surface area contributed by atoms with Crippen molar-refractivity contribution in [1.82, 2.24) is 4.90 Å². The first-order valence-electron chi connectivity index (χ1n) is 5.30. The summed E-state index contributed by atoms with van der Waals surface area (Å²) in [7, 11) is 1.71. The Morgan fingerprint density at radius 2 is 1.68 bits per heavy atom. The van der Waals surface area contributed by atoms with Crippen molar-refractivity contribution in [2.75, 3.05) is 7.05 Å². The maximum absolute atomic E-state index is 13.2. The van der Waals surface area contributed by atoms with Gasteiger partial charge in [-0.25, -0.2) is 13.2 Å². The first-order chi connectivity index (χ1) is 8.41. The van der Waals surface area contributed by atoms with Gasteiger partial charge in [0, 0.05) is 39.8 Å². The van der Waals surface area contributed by atoms with Gasteiger partial charge in [0.25, 0.3) is 0 Å². The minimum absolute atomic E-state index is 0. The fraction of sp³-hybridized carbons (Fsp3) is 0.143. The summed E-state index contributed by atoms with van der Waals surface area (Å²) >= 11 is 0. The fourth-order valence-corrected chi connectivity index (χ4v) is 1.73. The molecule has 0 bridgehead atoms. The molecule has 1 aromatic carbocycles. The van der Waals surface area contributed by atoms with Crippen molar-refractivity contribution >= 4 is 5.70 Å². The molecular weight excluding hydrogens is 328 g/mol. The van der Waals surface area contributed by atoms with Crippen LogP contribution in [0.5, 0.6) is 0 Å². The molecule has 1 heterocycles. The molecule has 0 unspecified atom stereocenters. The molecule has 97 valence electrons. The first-order valence-corrected chi connectivity index (χ1v) is 5.30. The molecule has 1 aliphatic heterocycles.